The Bertz CT molecular complexity index is 1100. The molecular weight excluding hydrogens is 445 g/mol. The van der Waals surface area contributed by atoms with Gasteiger partial charge in [0.25, 0.3) is 5.95 Å². The molecule has 3 rings (SSSR count). The molecule has 0 aliphatic heterocycles. The Kier molecular flexibility index (Phi) is 7.20. The molecule has 8 nitrogen and oxygen atoms in total. The van der Waals surface area contributed by atoms with E-state index in [9.17, 15) is 4.79 Å². The number of hydrogen-bond donors (Lipinski definition) is 3. The van der Waals surface area contributed by atoms with Crippen molar-refractivity contribution in [2.45, 2.75) is 19.0 Å². The van der Waals surface area contributed by atoms with E-state index in [1.54, 1.807) is 18.2 Å². The minimum atomic E-state index is -0.172. The first-order valence-electron chi connectivity index (χ1n) is 8.78. The van der Waals surface area contributed by atoms with Crippen molar-refractivity contribution in [3.8, 4) is 0 Å². The third-order valence-electron chi connectivity index (χ3n) is 4.14. The predicted molar refractivity (Wildman–Crippen MR) is 123 cm³/mol. The molecule has 0 fully saturated rings. The largest absolute Gasteiger partial charge is 0.334 e. The summed E-state index contributed by atoms with van der Waals surface area (Å²) in [6.45, 7) is 4.01. The topological polar surface area (TPSA) is 110 Å². The fourth-order valence-corrected chi connectivity index (χ4v) is 3.39. The maximum absolute atomic E-state index is 12.2. The third kappa shape index (κ3) is 5.44. The lowest BCUT2D eigenvalue weighted by Crippen LogP contribution is -2.17. The number of carbonyl (C=O) groups is 1. The lowest BCUT2D eigenvalue weighted by atomic mass is 10.1. The SMILES string of the molecule is Cc1ccc(NC(=O)CSc2nnc(N/N=C/c3cccc(Cl)c3Cl)n2N)cc1C. The zero-order chi connectivity index (χ0) is 21.7. The van der Waals surface area contributed by atoms with Gasteiger partial charge in [0.05, 0.1) is 22.0 Å². The van der Waals surface area contributed by atoms with E-state index < -0.39 is 0 Å². The number of benzene rings is 2. The molecule has 4 N–H and O–H groups in total. The molecule has 1 amide bonds. The van der Waals surface area contributed by atoms with Crippen LogP contribution in [0.5, 0.6) is 0 Å². The highest BCUT2D eigenvalue weighted by molar-refractivity contribution is 7.99. The highest BCUT2D eigenvalue weighted by Crippen LogP contribution is 2.24. The van der Waals surface area contributed by atoms with Crippen LogP contribution in [0.3, 0.4) is 0 Å². The van der Waals surface area contributed by atoms with Crippen molar-refractivity contribution in [3.05, 3.63) is 63.1 Å². The number of rotatable bonds is 7. The van der Waals surface area contributed by atoms with Gasteiger partial charge in [-0.05, 0) is 43.2 Å². The summed E-state index contributed by atoms with van der Waals surface area (Å²) >= 11 is 13.2. The number of carbonyl (C=O) groups excluding carboxylic acids is 1. The number of thioether (sulfide) groups is 1. The summed E-state index contributed by atoms with van der Waals surface area (Å²) in [6.07, 6.45) is 1.49. The van der Waals surface area contributed by atoms with Gasteiger partial charge in [-0.1, -0.05) is 53.2 Å². The Morgan fingerprint density at radius 1 is 1.23 bits per heavy atom. The van der Waals surface area contributed by atoms with Crippen molar-refractivity contribution < 1.29 is 4.79 Å². The molecule has 0 saturated heterocycles. The highest BCUT2D eigenvalue weighted by atomic mass is 35.5. The molecule has 1 heterocycles. The van der Waals surface area contributed by atoms with Crippen LogP contribution in [-0.4, -0.2) is 32.7 Å². The van der Waals surface area contributed by atoms with Crippen LogP contribution in [0.15, 0.2) is 46.7 Å². The van der Waals surface area contributed by atoms with Crippen molar-refractivity contribution in [2.24, 2.45) is 5.10 Å². The minimum Gasteiger partial charge on any atom is -0.334 e. The maximum Gasteiger partial charge on any atom is 0.264 e. The quantitative estimate of drug-likeness (QED) is 0.210. The van der Waals surface area contributed by atoms with Gasteiger partial charge < -0.3 is 11.2 Å². The van der Waals surface area contributed by atoms with Gasteiger partial charge >= 0.3 is 0 Å². The molecule has 0 spiro atoms. The van der Waals surface area contributed by atoms with Gasteiger partial charge in [0.15, 0.2) is 0 Å². The maximum atomic E-state index is 12.2. The van der Waals surface area contributed by atoms with E-state index in [0.717, 1.165) is 23.0 Å². The lowest BCUT2D eigenvalue weighted by Gasteiger charge is -2.07. The standard InChI is InChI=1S/C19H19Cl2N7OS/c1-11-6-7-14(8-12(11)2)24-16(29)10-30-19-27-26-18(28(19)22)25-23-9-13-4-3-5-15(20)17(13)21/h3-9H,10,22H2,1-2H3,(H,24,29)(H,25,26)/b23-9+. The number of nitrogens with two attached hydrogens (primary N) is 1. The molecule has 11 heteroatoms. The molecule has 0 saturated carbocycles. The van der Waals surface area contributed by atoms with Gasteiger partial charge in [-0.3, -0.25) is 4.79 Å². The van der Waals surface area contributed by atoms with Crippen LogP contribution >= 0.6 is 35.0 Å². The fraction of sp³-hybridized carbons (Fsp3) is 0.158. The van der Waals surface area contributed by atoms with E-state index in [4.69, 9.17) is 29.0 Å². The molecule has 0 bridgehead atoms. The smallest absolute Gasteiger partial charge is 0.264 e. The first kappa shape index (κ1) is 21.9. The first-order valence-corrected chi connectivity index (χ1v) is 10.5. The van der Waals surface area contributed by atoms with Crippen LogP contribution in [-0.2, 0) is 4.79 Å². The van der Waals surface area contributed by atoms with Gasteiger partial charge in [-0.15, -0.1) is 10.2 Å². The second-order valence-corrected chi connectivity index (χ2v) is 8.05. The monoisotopic (exact) mass is 463 g/mol. The zero-order valence-electron chi connectivity index (χ0n) is 16.2. The molecule has 0 atom stereocenters. The lowest BCUT2D eigenvalue weighted by molar-refractivity contribution is -0.113. The number of aryl methyl sites for hydroxylation is 2. The Morgan fingerprint density at radius 3 is 2.80 bits per heavy atom. The van der Waals surface area contributed by atoms with Crippen LogP contribution < -0.4 is 16.6 Å². The van der Waals surface area contributed by atoms with E-state index in [1.807, 2.05) is 32.0 Å². The molecule has 156 valence electrons. The number of nitrogens with zero attached hydrogens (tertiary/aromatic N) is 4. The van der Waals surface area contributed by atoms with Crippen molar-refractivity contribution in [2.75, 3.05) is 22.3 Å². The number of nitrogens with one attached hydrogen (secondary N) is 2. The summed E-state index contributed by atoms with van der Waals surface area (Å²) in [4.78, 5) is 12.2. The van der Waals surface area contributed by atoms with Crippen molar-refractivity contribution in [1.29, 1.82) is 0 Å². The number of amides is 1. The molecule has 0 aliphatic rings. The number of nitrogen functional groups attached to an aromatic ring is 1. The van der Waals surface area contributed by atoms with Gasteiger partial charge in [-0.2, -0.15) is 5.10 Å². The molecule has 2 aromatic carbocycles. The van der Waals surface area contributed by atoms with Crippen molar-refractivity contribution in [3.63, 3.8) is 0 Å². The summed E-state index contributed by atoms with van der Waals surface area (Å²) in [5.74, 6) is 6.13. The van der Waals surface area contributed by atoms with Crippen LogP contribution in [0.4, 0.5) is 11.6 Å². The van der Waals surface area contributed by atoms with E-state index in [1.165, 1.54) is 16.5 Å². The van der Waals surface area contributed by atoms with E-state index in [2.05, 4.69) is 26.0 Å². The third-order valence-corrected chi connectivity index (χ3v) is 5.91. The van der Waals surface area contributed by atoms with Crippen molar-refractivity contribution in [1.82, 2.24) is 14.9 Å². The van der Waals surface area contributed by atoms with E-state index in [0.29, 0.717) is 20.8 Å². The Balaban J connectivity index is 1.55. The van der Waals surface area contributed by atoms with Gasteiger partial charge in [-0.25, -0.2) is 10.1 Å². The number of aromatic nitrogens is 3. The van der Waals surface area contributed by atoms with Gasteiger partial charge in [0.1, 0.15) is 0 Å². The minimum absolute atomic E-state index is 0.129. The molecule has 0 unspecified atom stereocenters. The Labute approximate surface area is 187 Å². The van der Waals surface area contributed by atoms with Gasteiger partial charge in [0, 0.05) is 11.3 Å². The summed E-state index contributed by atoms with van der Waals surface area (Å²) in [5.41, 5.74) is 6.34. The second kappa shape index (κ2) is 9.84. The molecule has 30 heavy (non-hydrogen) atoms. The fourth-order valence-electron chi connectivity index (χ4n) is 2.38. The van der Waals surface area contributed by atoms with Gasteiger partial charge in [0.2, 0.25) is 11.1 Å². The van der Waals surface area contributed by atoms with Crippen molar-refractivity contribution >= 4 is 58.7 Å². The summed E-state index contributed by atoms with van der Waals surface area (Å²) < 4.78 is 1.21. The summed E-state index contributed by atoms with van der Waals surface area (Å²) in [5, 5.41) is 16.0. The number of hydrazone groups is 1. The zero-order valence-corrected chi connectivity index (χ0v) is 18.5. The Morgan fingerprint density at radius 2 is 2.03 bits per heavy atom. The predicted octanol–water partition coefficient (Wildman–Crippen LogP) is 4.09. The molecule has 0 radical (unpaired) electrons. The van der Waals surface area contributed by atoms with Crippen LogP contribution in [0.25, 0.3) is 0 Å². The average Bonchev–Trinajstić information content (AvgIpc) is 3.06. The molecule has 3 aromatic rings. The van der Waals surface area contributed by atoms with E-state index in [-0.39, 0.29) is 17.6 Å². The normalized spacial score (nSPS) is 11.1. The van der Waals surface area contributed by atoms with Crippen LogP contribution in [0.1, 0.15) is 16.7 Å². The number of halogens is 2. The first-order chi connectivity index (χ1) is 14.3. The molecule has 0 aliphatic carbocycles. The Hall–Kier alpha value is -2.75. The average molecular weight is 464 g/mol. The second-order valence-electron chi connectivity index (χ2n) is 6.33. The highest BCUT2D eigenvalue weighted by Gasteiger charge is 2.12. The summed E-state index contributed by atoms with van der Waals surface area (Å²) in [7, 11) is 0. The summed E-state index contributed by atoms with van der Waals surface area (Å²) in [6, 6.07) is 11.0. The number of hydrogen-bond acceptors (Lipinski definition) is 7. The van der Waals surface area contributed by atoms with Crippen LogP contribution in [0.2, 0.25) is 10.0 Å². The molecule has 1 aromatic heterocycles. The van der Waals surface area contributed by atoms with E-state index >= 15 is 0 Å². The molecular formula is C19H19Cl2N7OS. The van der Waals surface area contributed by atoms with Crippen LogP contribution in [0, 0.1) is 13.8 Å². The number of anilines is 2.